The number of hydrogen-bond acceptors (Lipinski definition) is 7. The molecule has 0 atom stereocenters. The van der Waals surface area contributed by atoms with Gasteiger partial charge in [-0.1, -0.05) is 25.1 Å². The lowest BCUT2D eigenvalue weighted by Gasteiger charge is -2.30. The van der Waals surface area contributed by atoms with Crippen molar-refractivity contribution in [3.63, 3.8) is 0 Å². The van der Waals surface area contributed by atoms with E-state index in [1.54, 1.807) is 23.1 Å². The van der Waals surface area contributed by atoms with Gasteiger partial charge >= 0.3 is 0 Å². The molecule has 2 aromatic heterocycles. The molecule has 3 heterocycles. The first kappa shape index (κ1) is 19.9. The summed E-state index contributed by atoms with van der Waals surface area (Å²) in [7, 11) is 4.19. The first-order chi connectivity index (χ1) is 12.4. The van der Waals surface area contributed by atoms with E-state index in [1.165, 1.54) is 28.7 Å². The summed E-state index contributed by atoms with van der Waals surface area (Å²) in [6.45, 7) is 9.07. The molecule has 26 heavy (non-hydrogen) atoms. The highest BCUT2D eigenvalue weighted by Gasteiger charge is 2.31. The fourth-order valence-corrected chi connectivity index (χ4v) is 5.11. The van der Waals surface area contributed by atoms with Crippen molar-refractivity contribution < 1.29 is 4.74 Å². The maximum atomic E-state index is 6.01. The third-order valence-corrected chi connectivity index (χ3v) is 6.52. The highest BCUT2D eigenvalue weighted by atomic mass is 32.2. The number of aromatic nitrogens is 2. The molecule has 1 aliphatic heterocycles. The monoisotopic (exact) mass is 394 g/mol. The van der Waals surface area contributed by atoms with E-state index in [0.717, 1.165) is 41.1 Å². The van der Waals surface area contributed by atoms with Crippen LogP contribution >= 0.6 is 23.1 Å². The van der Waals surface area contributed by atoms with Gasteiger partial charge in [0, 0.05) is 30.1 Å². The largest absolute Gasteiger partial charge is 0.370 e. The van der Waals surface area contributed by atoms with Crippen molar-refractivity contribution in [3.8, 4) is 0 Å². The number of nitrogens with one attached hydrogen (secondary N) is 1. The second-order valence-corrected chi connectivity index (χ2v) is 9.84. The SMILES string of the molecule is CCCCSc1nc(NCCN(C)C)c2c3c(sc2n1)COC(C)(C)C3. The minimum Gasteiger partial charge on any atom is -0.370 e. The van der Waals surface area contributed by atoms with E-state index in [-0.39, 0.29) is 5.60 Å². The van der Waals surface area contributed by atoms with Crippen molar-refractivity contribution in [3.05, 3.63) is 10.4 Å². The molecule has 0 fully saturated rings. The summed E-state index contributed by atoms with van der Waals surface area (Å²) in [4.78, 5) is 14.3. The van der Waals surface area contributed by atoms with Gasteiger partial charge in [-0.25, -0.2) is 9.97 Å². The van der Waals surface area contributed by atoms with Gasteiger partial charge in [-0.2, -0.15) is 0 Å². The van der Waals surface area contributed by atoms with Crippen LogP contribution in [-0.2, 0) is 17.8 Å². The maximum Gasteiger partial charge on any atom is 0.190 e. The molecule has 0 amide bonds. The van der Waals surface area contributed by atoms with E-state index in [4.69, 9.17) is 14.7 Å². The van der Waals surface area contributed by atoms with Crippen LogP contribution in [0.2, 0.25) is 0 Å². The van der Waals surface area contributed by atoms with E-state index in [1.807, 2.05) is 0 Å². The van der Waals surface area contributed by atoms with Crippen LogP contribution in [0, 0.1) is 0 Å². The van der Waals surface area contributed by atoms with E-state index in [0.29, 0.717) is 6.61 Å². The number of anilines is 1. The topological polar surface area (TPSA) is 50.3 Å². The molecule has 0 saturated heterocycles. The highest BCUT2D eigenvalue weighted by Crippen LogP contribution is 2.41. The lowest BCUT2D eigenvalue weighted by Crippen LogP contribution is -2.31. The minimum absolute atomic E-state index is 0.129. The summed E-state index contributed by atoms with van der Waals surface area (Å²) in [5.74, 6) is 2.06. The van der Waals surface area contributed by atoms with Gasteiger partial charge in [-0.15, -0.1) is 11.3 Å². The Morgan fingerprint density at radius 2 is 2.12 bits per heavy atom. The number of ether oxygens (including phenoxy) is 1. The fourth-order valence-electron chi connectivity index (χ4n) is 3.02. The summed E-state index contributed by atoms with van der Waals surface area (Å²) in [5, 5.41) is 5.67. The number of hydrogen-bond donors (Lipinski definition) is 1. The molecule has 3 rings (SSSR count). The Labute approximate surface area is 164 Å². The van der Waals surface area contributed by atoms with Crippen LogP contribution < -0.4 is 5.32 Å². The lowest BCUT2D eigenvalue weighted by molar-refractivity contribution is -0.0379. The van der Waals surface area contributed by atoms with Crippen LogP contribution in [-0.4, -0.2) is 53.4 Å². The van der Waals surface area contributed by atoms with Gasteiger partial charge < -0.3 is 15.0 Å². The zero-order chi connectivity index (χ0) is 18.7. The molecule has 0 aromatic carbocycles. The molecule has 0 saturated carbocycles. The average molecular weight is 395 g/mol. The molecular formula is C19H30N4OS2. The Bertz CT molecular complexity index is 758. The summed E-state index contributed by atoms with van der Waals surface area (Å²) in [6.07, 6.45) is 3.30. The van der Waals surface area contributed by atoms with Crippen LogP contribution in [0.4, 0.5) is 5.82 Å². The molecule has 0 unspecified atom stereocenters. The van der Waals surface area contributed by atoms with Crippen LogP contribution in [0.15, 0.2) is 5.16 Å². The molecule has 0 radical (unpaired) electrons. The van der Waals surface area contributed by atoms with Gasteiger partial charge in [0.15, 0.2) is 5.16 Å². The third kappa shape index (κ3) is 4.68. The Kier molecular flexibility index (Phi) is 6.43. The first-order valence-corrected chi connectivity index (χ1v) is 11.2. The molecular weight excluding hydrogens is 364 g/mol. The van der Waals surface area contributed by atoms with Gasteiger partial charge in [0.05, 0.1) is 17.6 Å². The summed E-state index contributed by atoms with van der Waals surface area (Å²) in [6, 6.07) is 0. The first-order valence-electron chi connectivity index (χ1n) is 9.37. The zero-order valence-electron chi connectivity index (χ0n) is 16.5. The molecule has 144 valence electrons. The Morgan fingerprint density at radius 3 is 2.85 bits per heavy atom. The van der Waals surface area contributed by atoms with E-state index >= 15 is 0 Å². The fraction of sp³-hybridized carbons (Fsp3) is 0.684. The number of thioether (sulfide) groups is 1. The van der Waals surface area contributed by atoms with Crippen molar-refractivity contribution in [2.45, 2.75) is 57.4 Å². The molecule has 7 heteroatoms. The number of thiophene rings is 1. The Hall–Kier alpha value is -0.890. The quantitative estimate of drug-likeness (QED) is 0.407. The smallest absolute Gasteiger partial charge is 0.190 e. The van der Waals surface area contributed by atoms with Gasteiger partial charge in [-0.05, 0) is 39.9 Å². The van der Waals surface area contributed by atoms with Crippen molar-refractivity contribution >= 4 is 39.1 Å². The third-order valence-electron chi connectivity index (χ3n) is 4.49. The minimum atomic E-state index is -0.129. The van der Waals surface area contributed by atoms with Crippen LogP contribution in [0.5, 0.6) is 0 Å². The van der Waals surface area contributed by atoms with Gasteiger partial charge in [-0.3, -0.25) is 0 Å². The second-order valence-electron chi connectivity index (χ2n) is 7.70. The number of fused-ring (bicyclic) bond motifs is 3. The van der Waals surface area contributed by atoms with E-state index < -0.39 is 0 Å². The van der Waals surface area contributed by atoms with Crippen LogP contribution in [0.3, 0.4) is 0 Å². The number of likely N-dealkylation sites (N-methyl/N-ethyl adjacent to an activating group) is 1. The van der Waals surface area contributed by atoms with Crippen molar-refractivity contribution in [1.82, 2.24) is 14.9 Å². The van der Waals surface area contributed by atoms with Crippen molar-refractivity contribution in [2.75, 3.05) is 38.3 Å². The van der Waals surface area contributed by atoms with E-state index in [9.17, 15) is 0 Å². The maximum absolute atomic E-state index is 6.01. The Morgan fingerprint density at radius 1 is 1.31 bits per heavy atom. The predicted molar refractivity (Wildman–Crippen MR) is 113 cm³/mol. The number of nitrogens with zero attached hydrogens (tertiary/aromatic N) is 3. The van der Waals surface area contributed by atoms with E-state index in [2.05, 4.69) is 45.1 Å². The molecule has 5 nitrogen and oxygen atoms in total. The summed E-state index contributed by atoms with van der Waals surface area (Å²) in [5.41, 5.74) is 1.25. The van der Waals surface area contributed by atoms with Gasteiger partial charge in [0.2, 0.25) is 0 Å². The summed E-state index contributed by atoms with van der Waals surface area (Å²) < 4.78 is 6.01. The second kappa shape index (κ2) is 8.42. The molecule has 0 aliphatic carbocycles. The molecule has 0 bridgehead atoms. The molecule has 1 aliphatic rings. The van der Waals surface area contributed by atoms with Crippen molar-refractivity contribution in [1.29, 1.82) is 0 Å². The lowest BCUT2D eigenvalue weighted by atomic mass is 9.94. The molecule has 1 N–H and O–H groups in total. The zero-order valence-corrected chi connectivity index (χ0v) is 18.1. The van der Waals surface area contributed by atoms with Gasteiger partial charge in [0.25, 0.3) is 0 Å². The van der Waals surface area contributed by atoms with Crippen molar-refractivity contribution in [2.24, 2.45) is 0 Å². The normalized spacial score (nSPS) is 16.2. The van der Waals surface area contributed by atoms with Crippen LogP contribution in [0.1, 0.15) is 44.1 Å². The van der Waals surface area contributed by atoms with Crippen LogP contribution in [0.25, 0.3) is 10.2 Å². The van der Waals surface area contributed by atoms with Gasteiger partial charge in [0.1, 0.15) is 10.6 Å². The molecule has 2 aromatic rings. The Balaban J connectivity index is 1.96. The number of unbranched alkanes of at least 4 members (excludes halogenated alkanes) is 1. The standard InChI is InChI=1S/C19H30N4OS2/c1-6-7-10-25-18-21-16(20-8-9-23(4)5)15-13-11-19(2,3)24-12-14(13)26-17(15)22-18/h6-12H2,1-5H3,(H,20,21,22). The predicted octanol–water partition coefficient (Wildman–Crippen LogP) is 4.41. The average Bonchev–Trinajstić information content (AvgIpc) is 2.91. The molecule has 0 spiro atoms. The highest BCUT2D eigenvalue weighted by molar-refractivity contribution is 7.99. The summed E-state index contributed by atoms with van der Waals surface area (Å²) >= 11 is 3.53. The number of rotatable bonds is 8.